The van der Waals surface area contributed by atoms with Gasteiger partial charge in [0.1, 0.15) is 30.0 Å². The summed E-state index contributed by atoms with van der Waals surface area (Å²) >= 11 is 12.1. The predicted molar refractivity (Wildman–Crippen MR) is 129 cm³/mol. The van der Waals surface area contributed by atoms with Crippen molar-refractivity contribution in [1.29, 1.82) is 0 Å². The van der Waals surface area contributed by atoms with Crippen molar-refractivity contribution in [3.63, 3.8) is 0 Å². The number of carbonyl (C=O) groups excluding carboxylic acids is 1. The van der Waals surface area contributed by atoms with Gasteiger partial charge in [-0.2, -0.15) is 5.10 Å². The van der Waals surface area contributed by atoms with Gasteiger partial charge >= 0.3 is 0 Å². The third-order valence-electron chi connectivity index (χ3n) is 4.95. The van der Waals surface area contributed by atoms with E-state index in [2.05, 4.69) is 15.8 Å². The second-order valence-electron chi connectivity index (χ2n) is 7.10. The summed E-state index contributed by atoms with van der Waals surface area (Å²) in [6.45, 7) is 0.256. The van der Waals surface area contributed by atoms with Crippen LogP contribution in [0.1, 0.15) is 21.5 Å². The molecule has 8 nitrogen and oxygen atoms in total. The molecule has 1 aromatic heterocycles. The lowest BCUT2D eigenvalue weighted by atomic mass is 10.1. The standard InChI is InChI=1S/C23H18Cl2FN5O3/c24-13-2-1-12(19(25)7-13)10-33-15-5-3-14(4-6-15)29-23(32)18-11-34-21-9-17(22(30-27)31-28)20(26)8-16(18)21/h1-9,11H,10,27-28H2,(H,29,32)(H,30,31). The van der Waals surface area contributed by atoms with E-state index in [4.69, 9.17) is 44.0 Å². The number of nitrogens with zero attached hydrogens (tertiary/aromatic N) is 1. The summed E-state index contributed by atoms with van der Waals surface area (Å²) < 4.78 is 25.7. The first-order valence-electron chi connectivity index (χ1n) is 9.83. The van der Waals surface area contributed by atoms with E-state index in [0.717, 1.165) is 11.6 Å². The molecule has 0 aliphatic carbocycles. The van der Waals surface area contributed by atoms with Crippen LogP contribution in [0, 0.1) is 5.82 Å². The van der Waals surface area contributed by atoms with Gasteiger partial charge in [-0.25, -0.2) is 10.2 Å². The zero-order chi connectivity index (χ0) is 24.2. The van der Waals surface area contributed by atoms with Gasteiger partial charge in [-0.1, -0.05) is 29.3 Å². The molecule has 0 aliphatic rings. The highest BCUT2D eigenvalue weighted by molar-refractivity contribution is 6.35. The normalized spacial score (nSPS) is 11.5. The van der Waals surface area contributed by atoms with Crippen LogP contribution in [-0.4, -0.2) is 11.7 Å². The smallest absolute Gasteiger partial charge is 0.259 e. The average molecular weight is 502 g/mol. The lowest BCUT2D eigenvalue weighted by Crippen LogP contribution is -2.32. The number of benzene rings is 3. The van der Waals surface area contributed by atoms with Crippen LogP contribution in [0.3, 0.4) is 0 Å². The van der Waals surface area contributed by atoms with E-state index in [1.807, 2.05) is 0 Å². The highest BCUT2D eigenvalue weighted by atomic mass is 35.5. The number of hydrazone groups is 1. The molecule has 4 aromatic rings. The van der Waals surface area contributed by atoms with E-state index in [0.29, 0.717) is 21.5 Å². The first-order chi connectivity index (χ1) is 16.4. The minimum atomic E-state index is -0.674. The first kappa shape index (κ1) is 23.4. The Hall–Kier alpha value is -3.79. The van der Waals surface area contributed by atoms with Crippen molar-refractivity contribution in [2.45, 2.75) is 6.61 Å². The Morgan fingerprint density at radius 1 is 1.09 bits per heavy atom. The van der Waals surface area contributed by atoms with E-state index in [-0.39, 0.29) is 34.5 Å². The predicted octanol–water partition coefficient (Wildman–Crippen LogP) is 4.79. The number of hydrazine groups is 1. The van der Waals surface area contributed by atoms with Crippen LogP contribution < -0.4 is 27.2 Å². The lowest BCUT2D eigenvalue weighted by molar-refractivity contribution is 0.102. The molecule has 0 spiro atoms. The number of nitrogens with two attached hydrogens (primary N) is 2. The molecule has 3 aromatic carbocycles. The van der Waals surface area contributed by atoms with Crippen LogP contribution >= 0.6 is 23.2 Å². The fraction of sp³-hybridized carbons (Fsp3) is 0.0435. The van der Waals surface area contributed by atoms with Gasteiger partial charge in [0.2, 0.25) is 0 Å². The molecule has 34 heavy (non-hydrogen) atoms. The number of amides is 1. The molecule has 0 saturated heterocycles. The molecule has 174 valence electrons. The van der Waals surface area contributed by atoms with E-state index in [1.54, 1.807) is 42.5 Å². The number of furan rings is 1. The van der Waals surface area contributed by atoms with Gasteiger partial charge < -0.3 is 25.7 Å². The van der Waals surface area contributed by atoms with Gasteiger partial charge in [-0.05, 0) is 48.5 Å². The SMILES string of the molecule is NN=C(NN)c1cc2occ(C(=O)Nc3ccc(OCc4ccc(Cl)cc4Cl)cc3)c2cc1F. The molecule has 0 saturated carbocycles. The number of amidine groups is 1. The summed E-state index contributed by atoms with van der Waals surface area (Å²) in [6.07, 6.45) is 1.24. The summed E-state index contributed by atoms with van der Waals surface area (Å²) in [7, 11) is 0. The molecule has 0 atom stereocenters. The van der Waals surface area contributed by atoms with Crippen molar-refractivity contribution in [3.8, 4) is 5.75 Å². The molecule has 1 amide bonds. The van der Waals surface area contributed by atoms with Gasteiger partial charge in [0.25, 0.3) is 5.91 Å². The van der Waals surface area contributed by atoms with Crippen LogP contribution in [-0.2, 0) is 6.61 Å². The highest BCUT2D eigenvalue weighted by Crippen LogP contribution is 2.27. The summed E-state index contributed by atoms with van der Waals surface area (Å²) in [4.78, 5) is 12.8. The number of halogens is 3. The molecule has 0 aliphatic heterocycles. The Morgan fingerprint density at radius 3 is 2.53 bits per heavy atom. The Balaban J connectivity index is 1.46. The maximum absolute atomic E-state index is 14.5. The first-order valence-corrected chi connectivity index (χ1v) is 10.6. The van der Waals surface area contributed by atoms with Crippen LogP contribution in [0.4, 0.5) is 10.1 Å². The fourth-order valence-corrected chi connectivity index (χ4v) is 3.68. The van der Waals surface area contributed by atoms with Gasteiger partial charge in [-0.3, -0.25) is 4.79 Å². The Morgan fingerprint density at radius 2 is 1.85 bits per heavy atom. The third-order valence-corrected chi connectivity index (χ3v) is 5.54. The van der Waals surface area contributed by atoms with Gasteiger partial charge in [0.15, 0.2) is 5.84 Å². The highest BCUT2D eigenvalue weighted by Gasteiger charge is 2.19. The number of carbonyl (C=O) groups is 1. The summed E-state index contributed by atoms with van der Waals surface area (Å²) in [5.41, 5.74) is 3.94. The van der Waals surface area contributed by atoms with Crippen LogP contribution in [0.2, 0.25) is 10.0 Å². The molecule has 0 radical (unpaired) electrons. The quantitative estimate of drug-likeness (QED) is 0.130. The monoisotopic (exact) mass is 501 g/mol. The number of ether oxygens (including phenoxy) is 1. The van der Waals surface area contributed by atoms with E-state index in [1.165, 1.54) is 12.3 Å². The van der Waals surface area contributed by atoms with Crippen molar-refractivity contribution in [2.24, 2.45) is 16.8 Å². The van der Waals surface area contributed by atoms with Gasteiger partial charge in [0, 0.05) is 26.7 Å². The van der Waals surface area contributed by atoms with E-state index >= 15 is 0 Å². The van der Waals surface area contributed by atoms with Crippen molar-refractivity contribution in [2.75, 3.05) is 5.32 Å². The zero-order valence-electron chi connectivity index (χ0n) is 17.4. The minimum absolute atomic E-state index is 0.00860. The van der Waals surface area contributed by atoms with Crippen molar-refractivity contribution in [1.82, 2.24) is 5.43 Å². The van der Waals surface area contributed by atoms with Crippen LogP contribution in [0.25, 0.3) is 11.0 Å². The average Bonchev–Trinajstić information content (AvgIpc) is 3.23. The molecule has 0 unspecified atom stereocenters. The largest absolute Gasteiger partial charge is 0.489 e. The molecule has 6 N–H and O–H groups in total. The molecular weight excluding hydrogens is 484 g/mol. The molecule has 4 rings (SSSR count). The number of hydrogen-bond acceptors (Lipinski definition) is 6. The minimum Gasteiger partial charge on any atom is -0.489 e. The number of rotatable bonds is 6. The molecule has 1 heterocycles. The number of hydrogen-bond donors (Lipinski definition) is 4. The van der Waals surface area contributed by atoms with Crippen molar-refractivity contribution in [3.05, 3.63) is 93.4 Å². The maximum atomic E-state index is 14.5. The molecular formula is C23H18Cl2FN5O3. The molecule has 11 heteroatoms. The van der Waals surface area contributed by atoms with Gasteiger partial charge in [0.05, 0.1) is 11.1 Å². The van der Waals surface area contributed by atoms with Crippen LogP contribution in [0.15, 0.2) is 70.4 Å². The zero-order valence-corrected chi connectivity index (χ0v) is 19.0. The summed E-state index contributed by atoms with van der Waals surface area (Å²) in [5.74, 6) is 9.87. The van der Waals surface area contributed by atoms with E-state index < -0.39 is 11.7 Å². The third kappa shape index (κ3) is 4.91. The number of fused-ring (bicyclic) bond motifs is 1. The second kappa shape index (κ2) is 10.0. The number of anilines is 1. The number of nitrogens with one attached hydrogen (secondary N) is 2. The summed E-state index contributed by atoms with van der Waals surface area (Å²) in [5, 5.41) is 7.47. The second-order valence-corrected chi connectivity index (χ2v) is 7.95. The summed E-state index contributed by atoms with van der Waals surface area (Å²) in [6, 6.07) is 14.4. The van der Waals surface area contributed by atoms with Crippen LogP contribution in [0.5, 0.6) is 5.75 Å². The van der Waals surface area contributed by atoms with E-state index in [9.17, 15) is 9.18 Å². The Bertz CT molecular complexity index is 1390. The Kier molecular flexibility index (Phi) is 6.87. The lowest BCUT2D eigenvalue weighted by Gasteiger charge is -2.09. The molecule has 0 bridgehead atoms. The fourth-order valence-electron chi connectivity index (χ4n) is 3.22. The Labute approximate surface area is 203 Å². The topological polar surface area (TPSA) is 128 Å². The molecule has 0 fully saturated rings. The van der Waals surface area contributed by atoms with Crippen molar-refractivity contribution < 1.29 is 18.3 Å². The maximum Gasteiger partial charge on any atom is 0.259 e. The van der Waals surface area contributed by atoms with Crippen molar-refractivity contribution >= 4 is 51.6 Å². The van der Waals surface area contributed by atoms with Gasteiger partial charge in [-0.15, -0.1) is 0 Å².